The third kappa shape index (κ3) is 4.33. The number of hydrogen-bond donors (Lipinski definition) is 1. The van der Waals surface area contributed by atoms with Gasteiger partial charge in [0.15, 0.2) is 0 Å². The maximum Gasteiger partial charge on any atom is 0.257 e. The van der Waals surface area contributed by atoms with Gasteiger partial charge in [-0.2, -0.15) is 0 Å². The Bertz CT molecular complexity index is 997. The lowest BCUT2D eigenvalue weighted by molar-refractivity contribution is 0.102. The summed E-state index contributed by atoms with van der Waals surface area (Å²) in [7, 11) is -3.36. The Labute approximate surface area is 171 Å². The van der Waals surface area contributed by atoms with Crippen molar-refractivity contribution in [3.05, 3.63) is 58.6 Å². The Kier molecular flexibility index (Phi) is 5.73. The fourth-order valence-electron chi connectivity index (χ4n) is 3.36. The van der Waals surface area contributed by atoms with Crippen LogP contribution in [0.1, 0.15) is 49.5 Å². The van der Waals surface area contributed by atoms with Crippen molar-refractivity contribution in [2.24, 2.45) is 0 Å². The molecule has 1 saturated heterocycles. The van der Waals surface area contributed by atoms with Crippen LogP contribution in [0.2, 0.25) is 5.02 Å². The Balaban J connectivity index is 1.93. The van der Waals surface area contributed by atoms with Crippen LogP contribution in [0.3, 0.4) is 0 Å². The monoisotopic (exact) mass is 420 g/mol. The number of anilines is 2. The van der Waals surface area contributed by atoms with E-state index in [1.165, 1.54) is 4.31 Å². The molecule has 0 aromatic heterocycles. The molecule has 5 nitrogen and oxygen atoms in total. The van der Waals surface area contributed by atoms with Gasteiger partial charge >= 0.3 is 0 Å². The van der Waals surface area contributed by atoms with Crippen LogP contribution in [0, 0.1) is 0 Å². The number of hydrogen-bond acceptors (Lipinski definition) is 3. The molecule has 3 rings (SSSR count). The fourth-order valence-corrected chi connectivity index (χ4v) is 5.19. The van der Waals surface area contributed by atoms with Gasteiger partial charge in [0.2, 0.25) is 10.0 Å². The number of rotatable bonds is 3. The van der Waals surface area contributed by atoms with Gasteiger partial charge in [-0.15, -0.1) is 0 Å². The molecule has 0 aliphatic carbocycles. The first kappa shape index (κ1) is 20.7. The predicted molar refractivity (Wildman–Crippen MR) is 115 cm³/mol. The zero-order valence-electron chi connectivity index (χ0n) is 16.3. The average molecular weight is 421 g/mol. The van der Waals surface area contributed by atoms with Gasteiger partial charge in [0.05, 0.1) is 22.0 Å². The smallest absolute Gasteiger partial charge is 0.257 e. The van der Waals surface area contributed by atoms with Crippen LogP contribution in [0.25, 0.3) is 0 Å². The minimum absolute atomic E-state index is 0.121. The number of halogens is 1. The van der Waals surface area contributed by atoms with E-state index in [1.807, 2.05) is 24.3 Å². The van der Waals surface area contributed by atoms with Gasteiger partial charge in [0, 0.05) is 12.2 Å². The first-order valence-corrected chi connectivity index (χ1v) is 11.3. The molecule has 0 spiro atoms. The van der Waals surface area contributed by atoms with Crippen molar-refractivity contribution in [3.63, 3.8) is 0 Å². The number of nitrogens with one attached hydrogen (secondary N) is 1. The summed E-state index contributed by atoms with van der Waals surface area (Å²) in [5, 5.41) is 3.22. The van der Waals surface area contributed by atoms with Crippen LogP contribution >= 0.6 is 11.6 Å². The van der Waals surface area contributed by atoms with Crippen molar-refractivity contribution in [1.82, 2.24) is 0 Å². The van der Waals surface area contributed by atoms with Crippen LogP contribution in [-0.4, -0.2) is 26.6 Å². The Morgan fingerprint density at radius 1 is 1.11 bits per heavy atom. The normalized spacial score (nSPS) is 16.6. The molecule has 7 heteroatoms. The Morgan fingerprint density at radius 2 is 1.82 bits per heavy atom. The van der Waals surface area contributed by atoms with Crippen molar-refractivity contribution < 1.29 is 13.2 Å². The Hall–Kier alpha value is -2.05. The Morgan fingerprint density at radius 3 is 2.50 bits per heavy atom. The van der Waals surface area contributed by atoms with E-state index in [1.54, 1.807) is 18.2 Å². The van der Waals surface area contributed by atoms with Crippen LogP contribution in [-0.2, 0) is 15.4 Å². The lowest BCUT2D eigenvalue weighted by Crippen LogP contribution is -2.38. The van der Waals surface area contributed by atoms with Crippen molar-refractivity contribution in [3.8, 4) is 0 Å². The van der Waals surface area contributed by atoms with Crippen LogP contribution in [0.5, 0.6) is 0 Å². The largest absolute Gasteiger partial charge is 0.322 e. The molecule has 0 saturated carbocycles. The highest BCUT2D eigenvalue weighted by molar-refractivity contribution is 7.92. The first-order chi connectivity index (χ1) is 13.1. The van der Waals surface area contributed by atoms with E-state index in [9.17, 15) is 13.2 Å². The zero-order valence-corrected chi connectivity index (χ0v) is 17.9. The standard InChI is InChI=1S/C21H25ClN2O3S/c1-21(2,3)17-8-4-5-9-19(17)23-20(25)16-14-15(10-11-18(16)22)24-12-6-7-13-28(24,26)27/h4-5,8-11,14H,6-7,12-13H2,1-3H3,(H,23,25). The van der Waals surface area contributed by atoms with E-state index in [2.05, 4.69) is 26.1 Å². The molecule has 1 N–H and O–H groups in total. The number of amides is 1. The van der Waals surface area contributed by atoms with Crippen molar-refractivity contribution >= 4 is 38.9 Å². The van der Waals surface area contributed by atoms with E-state index in [0.29, 0.717) is 24.3 Å². The van der Waals surface area contributed by atoms with E-state index in [0.717, 1.165) is 12.0 Å². The molecule has 0 radical (unpaired) electrons. The summed E-state index contributed by atoms with van der Waals surface area (Å²) in [6, 6.07) is 12.4. The van der Waals surface area contributed by atoms with Gasteiger partial charge < -0.3 is 5.32 Å². The van der Waals surface area contributed by atoms with Gasteiger partial charge in [0.1, 0.15) is 0 Å². The average Bonchev–Trinajstić information content (AvgIpc) is 2.61. The molecule has 1 fully saturated rings. The molecule has 1 aliphatic heterocycles. The van der Waals surface area contributed by atoms with Gasteiger partial charge in [-0.25, -0.2) is 8.42 Å². The molecule has 0 atom stereocenters. The summed E-state index contributed by atoms with van der Waals surface area (Å²) in [6.07, 6.45) is 1.45. The molecule has 2 aromatic rings. The maximum absolute atomic E-state index is 12.9. The molecule has 2 aromatic carbocycles. The molecule has 0 bridgehead atoms. The third-order valence-electron chi connectivity index (χ3n) is 4.82. The van der Waals surface area contributed by atoms with E-state index in [4.69, 9.17) is 11.6 Å². The summed E-state index contributed by atoms with van der Waals surface area (Å²) in [4.78, 5) is 12.9. The second-order valence-electron chi connectivity index (χ2n) is 8.01. The topological polar surface area (TPSA) is 66.5 Å². The minimum atomic E-state index is -3.36. The quantitative estimate of drug-likeness (QED) is 0.774. The number of sulfonamides is 1. The van der Waals surface area contributed by atoms with Crippen molar-refractivity contribution in [2.75, 3.05) is 21.9 Å². The molecule has 1 heterocycles. The van der Waals surface area contributed by atoms with E-state index in [-0.39, 0.29) is 27.7 Å². The summed E-state index contributed by atoms with van der Waals surface area (Å²) >= 11 is 6.27. The molecule has 1 aliphatic rings. The number of benzene rings is 2. The molecule has 0 unspecified atom stereocenters. The molecule has 28 heavy (non-hydrogen) atoms. The number of carbonyl (C=O) groups is 1. The van der Waals surface area contributed by atoms with Crippen LogP contribution < -0.4 is 9.62 Å². The lowest BCUT2D eigenvalue weighted by atomic mass is 9.86. The summed E-state index contributed by atoms with van der Waals surface area (Å²) in [5.74, 6) is -0.242. The van der Waals surface area contributed by atoms with Crippen molar-refractivity contribution in [1.29, 1.82) is 0 Å². The predicted octanol–water partition coefficient (Wildman–Crippen LogP) is 4.82. The zero-order chi connectivity index (χ0) is 20.5. The van der Waals surface area contributed by atoms with Crippen LogP contribution in [0.4, 0.5) is 11.4 Å². The van der Waals surface area contributed by atoms with Gasteiger partial charge in [-0.1, -0.05) is 50.6 Å². The SMILES string of the molecule is CC(C)(C)c1ccccc1NC(=O)c1cc(N2CCCCS2(=O)=O)ccc1Cl. The second-order valence-corrected chi connectivity index (χ2v) is 10.4. The third-order valence-corrected chi connectivity index (χ3v) is 7.01. The lowest BCUT2D eigenvalue weighted by Gasteiger charge is -2.28. The highest BCUT2D eigenvalue weighted by Crippen LogP contribution is 2.31. The number of carbonyl (C=O) groups excluding carboxylic acids is 1. The summed E-state index contributed by atoms with van der Waals surface area (Å²) in [6.45, 7) is 6.64. The van der Waals surface area contributed by atoms with Crippen molar-refractivity contribution in [2.45, 2.75) is 39.0 Å². The summed E-state index contributed by atoms with van der Waals surface area (Å²) < 4.78 is 26.1. The molecular weight excluding hydrogens is 396 g/mol. The minimum Gasteiger partial charge on any atom is -0.322 e. The number of para-hydroxylation sites is 1. The van der Waals surface area contributed by atoms with Gasteiger partial charge in [0.25, 0.3) is 5.91 Å². The summed E-state index contributed by atoms with van der Waals surface area (Å²) in [5.41, 5.74) is 2.31. The molecule has 150 valence electrons. The number of nitrogens with zero attached hydrogens (tertiary/aromatic N) is 1. The second kappa shape index (κ2) is 7.76. The maximum atomic E-state index is 12.9. The van der Waals surface area contributed by atoms with Crippen LogP contribution in [0.15, 0.2) is 42.5 Å². The van der Waals surface area contributed by atoms with E-state index >= 15 is 0 Å². The highest BCUT2D eigenvalue weighted by Gasteiger charge is 2.27. The molecular formula is C21H25ClN2O3S. The fraction of sp³-hybridized carbons (Fsp3) is 0.381. The highest BCUT2D eigenvalue weighted by atomic mass is 35.5. The molecule has 1 amide bonds. The van der Waals surface area contributed by atoms with E-state index < -0.39 is 10.0 Å². The first-order valence-electron chi connectivity index (χ1n) is 9.30. The van der Waals surface area contributed by atoms with Gasteiger partial charge in [-0.05, 0) is 48.1 Å². The van der Waals surface area contributed by atoms with Gasteiger partial charge in [-0.3, -0.25) is 9.10 Å².